The summed E-state index contributed by atoms with van der Waals surface area (Å²) in [5, 5.41) is 20.3. The summed E-state index contributed by atoms with van der Waals surface area (Å²) < 4.78 is 16.6. The highest BCUT2D eigenvalue weighted by molar-refractivity contribution is 5.92. The molecule has 4 aromatic rings. The Kier molecular flexibility index (Phi) is 7.41. The van der Waals surface area contributed by atoms with E-state index in [9.17, 15) is 20.0 Å². The minimum absolute atomic E-state index is 0.0430. The molecule has 216 valence electrons. The van der Waals surface area contributed by atoms with Crippen LogP contribution in [0.1, 0.15) is 56.0 Å². The number of nitriles is 1. The normalized spacial score (nSPS) is 17.1. The average Bonchev–Trinajstić information content (AvgIpc) is 2.94. The van der Waals surface area contributed by atoms with Crippen LogP contribution >= 0.6 is 0 Å². The van der Waals surface area contributed by atoms with Crippen molar-refractivity contribution in [1.29, 1.82) is 5.26 Å². The smallest absolute Gasteiger partial charge is 0.407 e. The lowest BCUT2D eigenvalue weighted by molar-refractivity contribution is 0.114. The molecule has 1 N–H and O–H groups in total. The van der Waals surface area contributed by atoms with Gasteiger partial charge in [0.2, 0.25) is 0 Å². The molecule has 2 atom stereocenters. The van der Waals surface area contributed by atoms with Crippen molar-refractivity contribution in [1.82, 2.24) is 24.4 Å². The molecule has 3 aromatic heterocycles. The van der Waals surface area contributed by atoms with E-state index in [4.69, 9.17) is 4.98 Å². The number of carbonyl (C=O) groups is 1. The van der Waals surface area contributed by atoms with E-state index in [-0.39, 0.29) is 53.6 Å². The van der Waals surface area contributed by atoms with Crippen molar-refractivity contribution < 1.29 is 14.3 Å². The van der Waals surface area contributed by atoms with Crippen LogP contribution in [-0.4, -0.2) is 60.8 Å². The molecule has 11 heteroatoms. The van der Waals surface area contributed by atoms with E-state index in [2.05, 4.69) is 16.0 Å². The fraction of sp³-hybridized carbons (Fsp3) is 0.355. The van der Waals surface area contributed by atoms with Crippen molar-refractivity contribution in [2.75, 3.05) is 18.0 Å². The molecule has 0 unspecified atom stereocenters. The zero-order valence-electron chi connectivity index (χ0n) is 24.4. The highest BCUT2D eigenvalue weighted by Crippen LogP contribution is 2.35. The third kappa shape index (κ3) is 4.83. The fourth-order valence-corrected chi connectivity index (χ4v) is 5.63. The third-order valence-electron chi connectivity index (χ3n) is 7.77. The maximum absolute atomic E-state index is 15.2. The van der Waals surface area contributed by atoms with Crippen molar-refractivity contribution >= 4 is 22.9 Å². The van der Waals surface area contributed by atoms with Crippen molar-refractivity contribution in [3.8, 4) is 23.0 Å². The van der Waals surface area contributed by atoms with Gasteiger partial charge in [0.15, 0.2) is 5.65 Å². The number of piperazine rings is 1. The second kappa shape index (κ2) is 10.9. The number of fused-ring (bicyclic) bond motifs is 1. The van der Waals surface area contributed by atoms with Gasteiger partial charge in [-0.15, -0.1) is 0 Å². The van der Waals surface area contributed by atoms with Gasteiger partial charge >= 0.3 is 11.8 Å². The SMILES string of the molecule is Cc1ccc(F)c(-c2nc3c(cc2C#N)c(N2C[C@@H](C)N(C(=O)O)C[C@@H]2C)nc(=O)n3-c2c(C)ccnc2C(C)C)c1. The van der Waals surface area contributed by atoms with E-state index in [0.29, 0.717) is 22.6 Å². The molecule has 0 bridgehead atoms. The van der Waals surface area contributed by atoms with Crippen LogP contribution in [0.5, 0.6) is 0 Å². The Morgan fingerprint density at radius 3 is 2.52 bits per heavy atom. The van der Waals surface area contributed by atoms with Gasteiger partial charge in [-0.25, -0.2) is 23.5 Å². The van der Waals surface area contributed by atoms with Gasteiger partial charge < -0.3 is 14.9 Å². The summed E-state index contributed by atoms with van der Waals surface area (Å²) in [6, 6.07) is 9.44. The number of aromatic nitrogens is 4. The first-order valence-electron chi connectivity index (χ1n) is 13.8. The summed E-state index contributed by atoms with van der Waals surface area (Å²) in [5.41, 5.74) is 2.74. The first kappa shape index (κ1) is 28.7. The first-order chi connectivity index (χ1) is 19.9. The second-order valence-corrected chi connectivity index (χ2v) is 11.2. The standard InChI is InChI=1S/C31H32FN7O3/c1-16(2)25-27(18(4)9-10-34-25)39-29-23(12-21(13-33)26(35-29)22-11-17(3)7-8-24(22)32)28(36-30(39)40)37-14-20(6)38(31(41)42)15-19(37)5/h7-12,16,19-20H,14-15H2,1-6H3,(H,41,42)/t19-,20+/m0/s1. The number of carboxylic acid groups (broad SMARTS) is 1. The van der Waals surface area contributed by atoms with Crippen molar-refractivity contribution in [3.63, 3.8) is 0 Å². The Bertz CT molecular complexity index is 1830. The van der Waals surface area contributed by atoms with Crippen LogP contribution < -0.4 is 10.6 Å². The second-order valence-electron chi connectivity index (χ2n) is 11.2. The van der Waals surface area contributed by atoms with Gasteiger partial charge in [0.1, 0.15) is 17.7 Å². The fourth-order valence-electron chi connectivity index (χ4n) is 5.63. The lowest BCUT2D eigenvalue weighted by Crippen LogP contribution is -2.58. The Hall–Kier alpha value is -4.85. The lowest BCUT2D eigenvalue weighted by atomic mass is 10.0. The summed E-state index contributed by atoms with van der Waals surface area (Å²) in [5.74, 6) is -0.290. The zero-order valence-corrected chi connectivity index (χ0v) is 24.4. The van der Waals surface area contributed by atoms with Crippen LogP contribution in [0.2, 0.25) is 0 Å². The molecule has 10 nitrogen and oxygen atoms in total. The van der Waals surface area contributed by atoms with Crippen LogP contribution in [-0.2, 0) is 0 Å². The highest BCUT2D eigenvalue weighted by atomic mass is 19.1. The number of rotatable bonds is 4. The van der Waals surface area contributed by atoms with E-state index in [1.165, 1.54) is 15.5 Å². The van der Waals surface area contributed by atoms with Gasteiger partial charge in [0.05, 0.1) is 28.0 Å². The Morgan fingerprint density at radius 1 is 1.12 bits per heavy atom. The monoisotopic (exact) mass is 569 g/mol. The number of nitrogens with zero attached hydrogens (tertiary/aromatic N) is 7. The van der Waals surface area contributed by atoms with E-state index >= 15 is 4.39 Å². The molecule has 1 fully saturated rings. The molecule has 5 rings (SSSR count). The predicted octanol–water partition coefficient (Wildman–Crippen LogP) is 5.17. The average molecular weight is 570 g/mol. The van der Waals surface area contributed by atoms with E-state index < -0.39 is 17.6 Å². The van der Waals surface area contributed by atoms with Gasteiger partial charge in [-0.1, -0.05) is 25.5 Å². The number of hydrogen-bond donors (Lipinski definition) is 1. The molecule has 0 radical (unpaired) electrons. The molecular formula is C31H32FN7O3. The van der Waals surface area contributed by atoms with Gasteiger partial charge in [-0.05, 0) is 63.4 Å². The lowest BCUT2D eigenvalue weighted by Gasteiger charge is -2.43. The molecule has 1 aromatic carbocycles. The molecule has 0 spiro atoms. The molecule has 1 aliphatic rings. The van der Waals surface area contributed by atoms with E-state index in [0.717, 1.165) is 11.1 Å². The van der Waals surface area contributed by atoms with Gasteiger partial charge in [0.25, 0.3) is 0 Å². The maximum atomic E-state index is 15.2. The summed E-state index contributed by atoms with van der Waals surface area (Å²) >= 11 is 0. The molecule has 1 saturated heterocycles. The van der Waals surface area contributed by atoms with Gasteiger partial charge in [0, 0.05) is 36.9 Å². The number of anilines is 1. The highest BCUT2D eigenvalue weighted by Gasteiger charge is 2.34. The number of halogens is 1. The largest absolute Gasteiger partial charge is 0.465 e. The number of pyridine rings is 2. The van der Waals surface area contributed by atoms with E-state index in [1.807, 2.05) is 39.5 Å². The Morgan fingerprint density at radius 2 is 1.86 bits per heavy atom. The third-order valence-corrected chi connectivity index (χ3v) is 7.77. The Balaban J connectivity index is 1.89. The quantitative estimate of drug-likeness (QED) is 0.357. The number of hydrogen-bond acceptors (Lipinski definition) is 7. The van der Waals surface area contributed by atoms with Gasteiger partial charge in [-0.2, -0.15) is 10.2 Å². The molecule has 0 aliphatic carbocycles. The summed E-state index contributed by atoms with van der Waals surface area (Å²) in [4.78, 5) is 43.0. The zero-order chi connectivity index (χ0) is 30.5. The van der Waals surface area contributed by atoms with Crippen molar-refractivity contribution in [2.45, 2.75) is 59.5 Å². The van der Waals surface area contributed by atoms with Crippen LogP contribution in [0.4, 0.5) is 15.0 Å². The van der Waals surface area contributed by atoms with Crippen LogP contribution in [0, 0.1) is 31.0 Å². The summed E-state index contributed by atoms with van der Waals surface area (Å²) in [6.07, 6.45) is 0.664. The van der Waals surface area contributed by atoms with Crippen LogP contribution in [0.25, 0.3) is 28.0 Å². The molecular weight excluding hydrogens is 537 g/mol. The molecule has 42 heavy (non-hydrogen) atoms. The summed E-state index contributed by atoms with van der Waals surface area (Å²) in [7, 11) is 0. The topological polar surface area (TPSA) is 128 Å². The van der Waals surface area contributed by atoms with Crippen molar-refractivity contribution in [3.05, 3.63) is 75.2 Å². The van der Waals surface area contributed by atoms with Crippen molar-refractivity contribution in [2.24, 2.45) is 0 Å². The summed E-state index contributed by atoms with van der Waals surface area (Å²) in [6.45, 7) is 11.8. The molecule has 4 heterocycles. The van der Waals surface area contributed by atoms with Crippen LogP contribution in [0.15, 0.2) is 41.3 Å². The first-order valence-corrected chi connectivity index (χ1v) is 13.8. The Labute approximate surface area is 242 Å². The van der Waals surface area contributed by atoms with Crippen LogP contribution in [0.3, 0.4) is 0 Å². The number of benzene rings is 1. The molecule has 1 amide bonds. The van der Waals surface area contributed by atoms with E-state index in [1.54, 1.807) is 37.4 Å². The minimum atomic E-state index is -1.02. The van der Waals surface area contributed by atoms with Gasteiger partial charge in [-0.3, -0.25) is 4.98 Å². The molecule has 1 aliphatic heterocycles. The maximum Gasteiger partial charge on any atom is 0.407 e. The number of amides is 1. The number of aryl methyl sites for hydroxylation is 2. The molecule has 0 saturated carbocycles. The predicted molar refractivity (Wildman–Crippen MR) is 158 cm³/mol. The minimum Gasteiger partial charge on any atom is -0.465 e.